The van der Waals surface area contributed by atoms with Gasteiger partial charge in [-0.15, -0.1) is 0 Å². The van der Waals surface area contributed by atoms with Crippen molar-refractivity contribution in [2.45, 2.75) is 69.3 Å². The first-order valence-corrected chi connectivity index (χ1v) is 14.2. The molecule has 2 amide bonds. The van der Waals surface area contributed by atoms with E-state index < -0.39 is 70.8 Å². The molecule has 46 heavy (non-hydrogen) atoms. The maximum absolute atomic E-state index is 14.9. The molecule has 4 nitrogen and oxygen atoms in total. The minimum atomic E-state index is -5.12. The minimum absolute atomic E-state index is 0.00803. The predicted molar refractivity (Wildman–Crippen MR) is 147 cm³/mol. The first-order valence-electron chi connectivity index (χ1n) is 14.2. The number of fused-ring (bicyclic) bond motifs is 1. The summed E-state index contributed by atoms with van der Waals surface area (Å²) in [4.78, 5) is 15.9. The third kappa shape index (κ3) is 5.86. The molecule has 0 aliphatic carbocycles. The van der Waals surface area contributed by atoms with Crippen molar-refractivity contribution in [3.05, 3.63) is 87.7 Å². The Balaban J connectivity index is 1.67. The van der Waals surface area contributed by atoms with Crippen molar-refractivity contribution in [1.82, 2.24) is 9.80 Å². The number of likely N-dealkylation sites (N-methyl/N-ethyl adjacent to an activating group) is 1. The number of ether oxygens (including phenoxy) is 1. The van der Waals surface area contributed by atoms with E-state index >= 15 is 0 Å². The van der Waals surface area contributed by atoms with E-state index in [0.717, 1.165) is 23.1 Å². The van der Waals surface area contributed by atoms with Gasteiger partial charge in [0, 0.05) is 18.7 Å². The highest BCUT2D eigenvalue weighted by atomic mass is 19.4. The van der Waals surface area contributed by atoms with Gasteiger partial charge in [0.2, 0.25) is 0 Å². The number of benzene rings is 3. The molecule has 0 N–H and O–H groups in total. The first-order chi connectivity index (χ1) is 21.2. The molecule has 2 saturated heterocycles. The largest absolute Gasteiger partial charge is 0.496 e. The van der Waals surface area contributed by atoms with Gasteiger partial charge in [0.25, 0.3) is 0 Å². The Morgan fingerprint density at radius 1 is 0.783 bits per heavy atom. The summed E-state index contributed by atoms with van der Waals surface area (Å²) in [6.07, 6.45) is -14.9. The van der Waals surface area contributed by atoms with Crippen molar-refractivity contribution >= 4 is 6.03 Å². The molecule has 0 spiro atoms. The second-order valence-electron chi connectivity index (χ2n) is 11.8. The zero-order valence-corrected chi connectivity index (χ0v) is 24.8. The van der Waals surface area contributed by atoms with Gasteiger partial charge in [-0.1, -0.05) is 19.9 Å². The van der Waals surface area contributed by atoms with Crippen LogP contribution in [0.1, 0.15) is 78.1 Å². The van der Waals surface area contributed by atoms with E-state index in [-0.39, 0.29) is 52.8 Å². The number of rotatable bonds is 5. The van der Waals surface area contributed by atoms with E-state index in [4.69, 9.17) is 4.74 Å². The van der Waals surface area contributed by atoms with Gasteiger partial charge in [0.05, 0.1) is 41.9 Å². The molecular weight excluding hydrogens is 634 g/mol. The molecular formula is C32H28F10N2O2. The Morgan fingerprint density at radius 3 is 1.89 bits per heavy atom. The van der Waals surface area contributed by atoms with Crippen molar-refractivity contribution in [1.29, 1.82) is 0 Å². The maximum Gasteiger partial charge on any atom is 0.416 e. The van der Waals surface area contributed by atoms with Crippen molar-refractivity contribution < 1.29 is 53.4 Å². The number of carbonyl (C=O) groups is 1. The Kier molecular flexibility index (Phi) is 8.26. The summed E-state index contributed by atoms with van der Waals surface area (Å²) in [5, 5.41) is 0. The number of carbonyl (C=O) groups excluding carboxylic acids is 1. The second-order valence-corrected chi connectivity index (χ2v) is 11.8. The van der Waals surface area contributed by atoms with E-state index in [1.165, 1.54) is 31.2 Å². The molecule has 2 fully saturated rings. The van der Waals surface area contributed by atoms with Crippen LogP contribution >= 0.6 is 0 Å². The van der Waals surface area contributed by atoms with Crippen LogP contribution in [0.2, 0.25) is 0 Å². The van der Waals surface area contributed by atoms with Gasteiger partial charge in [0.15, 0.2) is 0 Å². The molecule has 3 atom stereocenters. The predicted octanol–water partition coefficient (Wildman–Crippen LogP) is 9.99. The van der Waals surface area contributed by atoms with Crippen molar-refractivity contribution in [3.63, 3.8) is 0 Å². The van der Waals surface area contributed by atoms with Crippen molar-refractivity contribution in [3.8, 4) is 16.9 Å². The summed E-state index contributed by atoms with van der Waals surface area (Å²) < 4.78 is 144. The zero-order valence-electron chi connectivity index (χ0n) is 24.8. The Labute approximate surface area is 257 Å². The molecule has 0 unspecified atom stereocenters. The normalized spacial score (nSPS) is 20.6. The van der Waals surface area contributed by atoms with E-state index in [1.54, 1.807) is 13.8 Å². The number of urea groups is 1. The summed E-state index contributed by atoms with van der Waals surface area (Å²) in [7, 11) is 2.48. The molecule has 3 aromatic carbocycles. The van der Waals surface area contributed by atoms with Gasteiger partial charge >= 0.3 is 24.6 Å². The number of methoxy groups -OCH3 is 1. The Bertz CT molecular complexity index is 1630. The fourth-order valence-corrected chi connectivity index (χ4v) is 6.54. The molecule has 5 rings (SSSR count). The Hall–Kier alpha value is -3.97. The Morgan fingerprint density at radius 2 is 1.37 bits per heavy atom. The number of hydrogen-bond acceptors (Lipinski definition) is 2. The van der Waals surface area contributed by atoms with Crippen LogP contribution in [0.4, 0.5) is 48.7 Å². The second kappa shape index (κ2) is 11.4. The van der Waals surface area contributed by atoms with Crippen LogP contribution < -0.4 is 4.74 Å². The molecule has 0 aromatic heterocycles. The summed E-state index contributed by atoms with van der Waals surface area (Å²) >= 11 is 0. The van der Waals surface area contributed by atoms with E-state index in [1.807, 2.05) is 0 Å². The molecule has 0 radical (unpaired) electrons. The lowest BCUT2D eigenvalue weighted by Crippen LogP contribution is -2.32. The molecule has 2 aliphatic heterocycles. The SMILES string of the molecule is COc1cc(F)c(C(C)C)cc1-c1ccc(C(F)(F)F)cc1[C@@H]1CC[C@H]2[C@@H](c3cc(C(F)(F)F)cc(C(F)(F)F)c3)N(C)C(=O)N12. The minimum Gasteiger partial charge on any atom is -0.496 e. The zero-order chi connectivity index (χ0) is 34.1. The average molecular weight is 663 g/mol. The topological polar surface area (TPSA) is 32.8 Å². The van der Waals surface area contributed by atoms with Gasteiger partial charge in [-0.25, -0.2) is 9.18 Å². The highest BCUT2D eigenvalue weighted by molar-refractivity contribution is 5.81. The maximum atomic E-state index is 14.9. The molecule has 2 heterocycles. The highest BCUT2D eigenvalue weighted by Crippen LogP contribution is 2.52. The molecule has 0 bridgehead atoms. The van der Waals surface area contributed by atoms with E-state index in [2.05, 4.69) is 0 Å². The summed E-state index contributed by atoms with van der Waals surface area (Å²) in [6.45, 7) is 3.45. The lowest BCUT2D eigenvalue weighted by atomic mass is 9.89. The fourth-order valence-electron chi connectivity index (χ4n) is 6.54. The summed E-state index contributed by atoms with van der Waals surface area (Å²) in [5.74, 6) is -0.894. The molecule has 2 aliphatic rings. The quantitative estimate of drug-likeness (QED) is 0.255. The molecule has 14 heteroatoms. The fraction of sp³-hybridized carbons (Fsp3) is 0.406. The van der Waals surface area contributed by atoms with E-state index in [9.17, 15) is 48.7 Å². The smallest absolute Gasteiger partial charge is 0.416 e. The molecule has 248 valence electrons. The van der Waals surface area contributed by atoms with Crippen molar-refractivity contribution in [2.24, 2.45) is 0 Å². The number of halogens is 10. The van der Waals surface area contributed by atoms with Gasteiger partial charge in [-0.05, 0) is 77.4 Å². The highest BCUT2D eigenvalue weighted by Gasteiger charge is 2.53. The molecule has 3 aromatic rings. The third-order valence-electron chi connectivity index (χ3n) is 8.65. The molecule has 0 saturated carbocycles. The number of amides is 2. The van der Waals surface area contributed by atoms with Crippen LogP contribution in [-0.4, -0.2) is 36.0 Å². The van der Waals surface area contributed by atoms with Crippen LogP contribution in [0.15, 0.2) is 48.5 Å². The lowest BCUT2D eigenvalue weighted by Gasteiger charge is -2.28. The van der Waals surface area contributed by atoms with Gasteiger partial charge in [-0.3, -0.25) is 0 Å². The van der Waals surface area contributed by atoms with Crippen LogP contribution in [0.3, 0.4) is 0 Å². The number of alkyl halides is 9. The van der Waals surface area contributed by atoms with Gasteiger partial charge in [0.1, 0.15) is 11.6 Å². The third-order valence-corrected chi connectivity index (χ3v) is 8.65. The lowest BCUT2D eigenvalue weighted by molar-refractivity contribution is -0.143. The summed E-state index contributed by atoms with van der Waals surface area (Å²) in [6, 6.07) is 2.53. The monoisotopic (exact) mass is 662 g/mol. The van der Waals surface area contributed by atoms with Gasteiger partial charge in [-0.2, -0.15) is 39.5 Å². The van der Waals surface area contributed by atoms with Gasteiger partial charge < -0.3 is 14.5 Å². The first kappa shape index (κ1) is 33.4. The average Bonchev–Trinajstić information content (AvgIpc) is 3.48. The van der Waals surface area contributed by atoms with Crippen molar-refractivity contribution in [2.75, 3.05) is 14.2 Å². The number of hydrogen-bond donors (Lipinski definition) is 0. The van der Waals surface area contributed by atoms with Crippen LogP contribution in [0.25, 0.3) is 11.1 Å². The summed E-state index contributed by atoms with van der Waals surface area (Å²) in [5.41, 5.74) is -3.79. The standard InChI is InChI=1S/C32H28F10N2O2/c1-15(2)21-13-23(27(46-4)14-24(21)33)20-6-5-17(30(34,35)36)12-22(20)25-7-8-26-28(43(3)29(45)44(25)26)16-9-18(31(37,38)39)11-19(10-16)32(40,41)42/h5-6,9-15,25-26,28H,7-8H2,1-4H3/t25-,26-,28+/m0/s1. The van der Waals surface area contributed by atoms with Crippen LogP contribution in [0, 0.1) is 5.82 Å². The van der Waals surface area contributed by atoms with E-state index in [0.29, 0.717) is 12.1 Å². The number of nitrogens with zero attached hydrogens (tertiary/aromatic N) is 2. The van der Waals surface area contributed by atoms with Crippen LogP contribution in [0.5, 0.6) is 5.75 Å². The van der Waals surface area contributed by atoms with Crippen LogP contribution in [-0.2, 0) is 18.5 Å².